The molecule has 12 heteroatoms. The van der Waals surface area contributed by atoms with Gasteiger partial charge in [0.15, 0.2) is 11.5 Å². The molecule has 4 rings (SSSR count). The molecular formula is C38H44FN3O7S. The molecule has 0 fully saturated rings. The van der Waals surface area contributed by atoms with Gasteiger partial charge in [-0.3, -0.25) is 13.9 Å². The van der Waals surface area contributed by atoms with Crippen LogP contribution in [0.2, 0.25) is 0 Å². The Morgan fingerprint density at radius 2 is 1.54 bits per heavy atom. The molecular weight excluding hydrogens is 661 g/mol. The minimum absolute atomic E-state index is 0.116. The van der Waals surface area contributed by atoms with E-state index in [1.807, 2.05) is 44.2 Å². The van der Waals surface area contributed by atoms with Crippen LogP contribution in [0.15, 0.2) is 102 Å². The normalized spacial score (nSPS) is 11.7. The van der Waals surface area contributed by atoms with Crippen molar-refractivity contribution in [2.75, 3.05) is 38.2 Å². The maximum atomic E-state index is 15.1. The van der Waals surface area contributed by atoms with Crippen molar-refractivity contribution in [3.63, 3.8) is 0 Å². The largest absolute Gasteiger partial charge is 0.494 e. The van der Waals surface area contributed by atoms with Gasteiger partial charge < -0.3 is 24.4 Å². The fraction of sp³-hybridized carbons (Fsp3) is 0.316. The van der Waals surface area contributed by atoms with Crippen LogP contribution in [0.25, 0.3) is 0 Å². The summed E-state index contributed by atoms with van der Waals surface area (Å²) in [6.45, 7) is 3.63. The summed E-state index contributed by atoms with van der Waals surface area (Å²) in [6, 6.07) is 24.5. The lowest BCUT2D eigenvalue weighted by molar-refractivity contribution is -0.140. The third-order valence-corrected chi connectivity index (χ3v) is 9.83. The molecule has 0 spiro atoms. The third kappa shape index (κ3) is 9.53. The van der Waals surface area contributed by atoms with Gasteiger partial charge in [0.1, 0.15) is 24.2 Å². The molecule has 266 valence electrons. The maximum Gasteiger partial charge on any atom is 0.264 e. The van der Waals surface area contributed by atoms with Crippen molar-refractivity contribution in [3.05, 3.63) is 114 Å². The highest BCUT2D eigenvalue weighted by Crippen LogP contribution is 2.33. The van der Waals surface area contributed by atoms with Gasteiger partial charge in [-0.15, -0.1) is 0 Å². The van der Waals surface area contributed by atoms with E-state index in [1.54, 1.807) is 18.2 Å². The number of ether oxygens (including phenoxy) is 3. The second-order valence-electron chi connectivity index (χ2n) is 11.4. The van der Waals surface area contributed by atoms with Crippen molar-refractivity contribution in [1.29, 1.82) is 0 Å². The Kier molecular flexibility index (Phi) is 13.6. The van der Waals surface area contributed by atoms with E-state index in [2.05, 4.69) is 5.32 Å². The van der Waals surface area contributed by atoms with E-state index < -0.39 is 40.2 Å². The number of nitrogens with zero attached hydrogens (tertiary/aromatic N) is 2. The summed E-state index contributed by atoms with van der Waals surface area (Å²) in [5, 5.41) is 2.92. The second-order valence-corrected chi connectivity index (χ2v) is 13.3. The summed E-state index contributed by atoms with van der Waals surface area (Å²) in [4.78, 5) is 29.6. The number of hydrogen-bond donors (Lipinski definition) is 1. The Labute approximate surface area is 293 Å². The smallest absolute Gasteiger partial charge is 0.264 e. The first-order valence-corrected chi connectivity index (χ1v) is 17.9. The van der Waals surface area contributed by atoms with Crippen molar-refractivity contribution in [2.45, 2.75) is 50.6 Å². The molecule has 10 nitrogen and oxygen atoms in total. The molecule has 0 aromatic heterocycles. The van der Waals surface area contributed by atoms with E-state index >= 15 is 4.39 Å². The fourth-order valence-corrected chi connectivity index (χ4v) is 6.81. The Hall–Kier alpha value is -5.10. The summed E-state index contributed by atoms with van der Waals surface area (Å²) in [5.41, 5.74) is 1.13. The number of rotatable bonds is 18. The van der Waals surface area contributed by atoms with E-state index in [1.165, 1.54) is 67.7 Å². The number of benzene rings is 4. The lowest BCUT2D eigenvalue weighted by Crippen LogP contribution is -2.53. The highest BCUT2D eigenvalue weighted by Gasteiger charge is 2.35. The number of nitrogens with one attached hydrogen (secondary N) is 1. The van der Waals surface area contributed by atoms with Gasteiger partial charge in [0, 0.05) is 31.1 Å². The fourth-order valence-electron chi connectivity index (χ4n) is 5.38. The number of halogens is 1. The van der Waals surface area contributed by atoms with Crippen LogP contribution in [0.1, 0.15) is 37.8 Å². The van der Waals surface area contributed by atoms with Gasteiger partial charge >= 0.3 is 0 Å². The van der Waals surface area contributed by atoms with Gasteiger partial charge in [-0.2, -0.15) is 0 Å². The van der Waals surface area contributed by atoms with Crippen LogP contribution in [0.3, 0.4) is 0 Å². The number of sulfonamides is 1. The summed E-state index contributed by atoms with van der Waals surface area (Å²) in [6.07, 6.45) is 1.68. The highest BCUT2D eigenvalue weighted by atomic mass is 32.2. The molecule has 0 bridgehead atoms. The number of methoxy groups -OCH3 is 2. The van der Waals surface area contributed by atoms with Crippen molar-refractivity contribution >= 4 is 27.5 Å². The summed E-state index contributed by atoms with van der Waals surface area (Å²) in [7, 11) is -1.61. The number of anilines is 1. The Morgan fingerprint density at radius 1 is 0.860 bits per heavy atom. The molecule has 0 aliphatic heterocycles. The predicted octanol–water partition coefficient (Wildman–Crippen LogP) is 5.99. The van der Waals surface area contributed by atoms with Gasteiger partial charge in [-0.1, -0.05) is 61.9 Å². The number of carbonyl (C=O) groups excluding carboxylic acids is 2. The van der Waals surface area contributed by atoms with Crippen molar-refractivity contribution < 1.29 is 36.6 Å². The van der Waals surface area contributed by atoms with Crippen LogP contribution in [0, 0.1) is 5.82 Å². The molecule has 0 heterocycles. The molecule has 4 aromatic carbocycles. The zero-order valence-electron chi connectivity index (χ0n) is 28.8. The lowest BCUT2D eigenvalue weighted by Gasteiger charge is -2.34. The topological polar surface area (TPSA) is 114 Å². The van der Waals surface area contributed by atoms with Gasteiger partial charge in [-0.05, 0) is 61.4 Å². The van der Waals surface area contributed by atoms with Crippen molar-refractivity contribution in [1.82, 2.24) is 10.2 Å². The molecule has 2 amide bonds. The molecule has 1 N–H and O–H groups in total. The molecule has 0 saturated carbocycles. The van der Waals surface area contributed by atoms with Gasteiger partial charge in [0.2, 0.25) is 11.8 Å². The van der Waals surface area contributed by atoms with E-state index in [4.69, 9.17) is 14.2 Å². The molecule has 50 heavy (non-hydrogen) atoms. The first kappa shape index (κ1) is 37.7. The zero-order valence-corrected chi connectivity index (χ0v) is 29.6. The molecule has 0 unspecified atom stereocenters. The maximum absolute atomic E-state index is 15.1. The second kappa shape index (κ2) is 18.1. The average Bonchev–Trinajstić information content (AvgIpc) is 3.13. The molecule has 0 aliphatic rings. The standard InChI is InChI=1S/C38H44FN3O7S/c1-5-7-23-40-38(44)34(24-28-13-9-8-10-14-28)41(26-29-15-11-12-16-33(29)39)37(43)27-42(30-17-19-31(20-18-30)49-6-2)50(45,46)32-21-22-35(47-3)36(25-32)48-4/h8-22,25,34H,5-7,23-24,26-27H2,1-4H3,(H,40,44)/t34-/m0/s1. The lowest BCUT2D eigenvalue weighted by atomic mass is 10.0. The van der Waals surface area contributed by atoms with Crippen LogP contribution < -0.4 is 23.8 Å². The van der Waals surface area contributed by atoms with Crippen LogP contribution in [0.4, 0.5) is 10.1 Å². The van der Waals surface area contributed by atoms with Crippen LogP contribution in [-0.4, -0.2) is 65.1 Å². The summed E-state index contributed by atoms with van der Waals surface area (Å²) < 4.78 is 61.2. The Bertz CT molecular complexity index is 1820. The molecule has 1 atom stereocenters. The molecule has 0 saturated heterocycles. The Balaban J connectivity index is 1.83. The van der Waals surface area contributed by atoms with Crippen LogP contribution in [-0.2, 0) is 32.6 Å². The van der Waals surface area contributed by atoms with E-state index in [-0.39, 0.29) is 34.9 Å². The number of amides is 2. The SMILES string of the molecule is CCCCNC(=O)[C@H](Cc1ccccc1)N(Cc1ccccc1F)C(=O)CN(c1ccc(OCC)cc1)S(=O)(=O)c1ccc(OC)c(OC)c1. The van der Waals surface area contributed by atoms with Gasteiger partial charge in [-0.25, -0.2) is 12.8 Å². The Morgan fingerprint density at radius 3 is 2.18 bits per heavy atom. The molecule has 0 aliphatic carbocycles. The minimum Gasteiger partial charge on any atom is -0.494 e. The summed E-state index contributed by atoms with van der Waals surface area (Å²) in [5.74, 6) is -0.682. The number of hydrogen-bond acceptors (Lipinski definition) is 7. The quantitative estimate of drug-likeness (QED) is 0.127. The minimum atomic E-state index is -4.43. The van der Waals surface area contributed by atoms with Crippen molar-refractivity contribution in [3.8, 4) is 17.2 Å². The van der Waals surface area contributed by atoms with E-state index in [0.717, 1.165) is 22.7 Å². The third-order valence-electron chi connectivity index (χ3n) is 8.06. The average molecular weight is 706 g/mol. The van der Waals surface area contributed by atoms with E-state index in [0.29, 0.717) is 24.7 Å². The summed E-state index contributed by atoms with van der Waals surface area (Å²) >= 11 is 0. The molecule has 0 radical (unpaired) electrons. The molecule has 4 aromatic rings. The van der Waals surface area contributed by atoms with Crippen molar-refractivity contribution in [2.24, 2.45) is 0 Å². The first-order chi connectivity index (χ1) is 24.1. The van der Waals surface area contributed by atoms with Crippen LogP contribution >= 0.6 is 0 Å². The van der Waals surface area contributed by atoms with E-state index in [9.17, 15) is 18.0 Å². The zero-order chi connectivity index (χ0) is 36.1. The van der Waals surface area contributed by atoms with Crippen LogP contribution in [0.5, 0.6) is 17.2 Å². The number of carbonyl (C=O) groups is 2. The van der Waals surface area contributed by atoms with Gasteiger partial charge in [0.05, 0.1) is 31.4 Å². The van der Waals surface area contributed by atoms with Gasteiger partial charge in [0.25, 0.3) is 10.0 Å². The monoisotopic (exact) mass is 705 g/mol. The first-order valence-electron chi connectivity index (χ1n) is 16.4. The predicted molar refractivity (Wildman–Crippen MR) is 190 cm³/mol. The number of unbranched alkanes of at least 4 members (excludes halogenated alkanes) is 1. The highest BCUT2D eigenvalue weighted by molar-refractivity contribution is 7.92.